The number of para-hydroxylation sites is 2. The molecule has 0 amide bonds. The first-order chi connectivity index (χ1) is 23.2. The molecular formula is C46H53N3. The molecule has 1 aliphatic rings. The highest BCUT2D eigenvalue weighted by atomic mass is 15.6. The molecule has 0 radical (unpaired) electrons. The lowest BCUT2D eigenvalue weighted by Gasteiger charge is -2.30. The van der Waals surface area contributed by atoms with Crippen LogP contribution in [0.25, 0.3) is 22.3 Å². The van der Waals surface area contributed by atoms with Crippen molar-refractivity contribution in [3.8, 4) is 22.3 Å². The van der Waals surface area contributed by atoms with E-state index in [-0.39, 0.29) is 10.8 Å². The first-order valence-electron chi connectivity index (χ1n) is 17.9. The van der Waals surface area contributed by atoms with Crippen LogP contribution in [-0.4, -0.2) is 12.5 Å². The molecule has 0 N–H and O–H groups in total. The summed E-state index contributed by atoms with van der Waals surface area (Å²) >= 11 is 0. The fraction of sp³-hybridized carbons (Fsp3) is 0.326. The molecule has 0 aromatic heterocycles. The van der Waals surface area contributed by atoms with Gasteiger partial charge in [-0.2, -0.15) is 5.10 Å². The topological polar surface area (TPSA) is 18.8 Å². The first-order valence-corrected chi connectivity index (χ1v) is 17.9. The molecule has 3 nitrogen and oxygen atoms in total. The minimum atomic E-state index is -0.0219. The van der Waals surface area contributed by atoms with Gasteiger partial charge in [0.15, 0.2) is 5.84 Å². The Morgan fingerprint density at radius 2 is 0.959 bits per heavy atom. The SMILES string of the molecule is CC(C)c1cccc(C(C)C)c1N1CN(c2c(-c3ccccc3)cccc2-c2ccccc2)C(c2cc(C(C)(C)C)cc(C(C)(C)C)c2)=N1. The molecule has 0 saturated carbocycles. The summed E-state index contributed by atoms with van der Waals surface area (Å²) in [7, 11) is 0. The van der Waals surface area contributed by atoms with Crippen LogP contribution in [0, 0.1) is 0 Å². The van der Waals surface area contributed by atoms with Crippen molar-refractivity contribution in [1.29, 1.82) is 0 Å². The third-order valence-corrected chi connectivity index (χ3v) is 9.75. The van der Waals surface area contributed by atoms with Gasteiger partial charge in [0.05, 0.1) is 11.4 Å². The molecule has 5 aromatic carbocycles. The van der Waals surface area contributed by atoms with E-state index in [4.69, 9.17) is 5.10 Å². The van der Waals surface area contributed by atoms with Crippen molar-refractivity contribution in [3.63, 3.8) is 0 Å². The molecule has 0 unspecified atom stereocenters. The lowest BCUT2D eigenvalue weighted by atomic mass is 9.79. The fourth-order valence-electron chi connectivity index (χ4n) is 6.88. The molecule has 0 spiro atoms. The van der Waals surface area contributed by atoms with Crippen molar-refractivity contribution in [1.82, 2.24) is 0 Å². The van der Waals surface area contributed by atoms with Crippen molar-refractivity contribution in [2.24, 2.45) is 5.10 Å². The second kappa shape index (κ2) is 13.3. The minimum absolute atomic E-state index is 0.0219. The summed E-state index contributed by atoms with van der Waals surface area (Å²) < 4.78 is 0. The predicted molar refractivity (Wildman–Crippen MR) is 212 cm³/mol. The van der Waals surface area contributed by atoms with Gasteiger partial charge in [-0.25, -0.2) is 5.01 Å². The maximum atomic E-state index is 5.66. The van der Waals surface area contributed by atoms with Crippen LogP contribution in [0.3, 0.4) is 0 Å². The van der Waals surface area contributed by atoms with E-state index < -0.39 is 0 Å². The van der Waals surface area contributed by atoms with E-state index in [2.05, 4.69) is 194 Å². The Morgan fingerprint density at radius 1 is 0.510 bits per heavy atom. The number of rotatable bonds is 7. The van der Waals surface area contributed by atoms with Crippen LogP contribution in [0.5, 0.6) is 0 Å². The first kappa shape index (κ1) is 34.2. The smallest absolute Gasteiger partial charge is 0.162 e. The van der Waals surface area contributed by atoms with Gasteiger partial charge in [0.1, 0.15) is 6.67 Å². The molecule has 0 saturated heterocycles. The average molecular weight is 648 g/mol. The Labute approximate surface area is 295 Å². The molecule has 0 bridgehead atoms. The van der Waals surface area contributed by atoms with Gasteiger partial charge in [0.25, 0.3) is 0 Å². The zero-order valence-corrected chi connectivity index (χ0v) is 31.2. The molecule has 1 heterocycles. The van der Waals surface area contributed by atoms with Gasteiger partial charge < -0.3 is 4.90 Å². The molecule has 49 heavy (non-hydrogen) atoms. The monoisotopic (exact) mass is 647 g/mol. The maximum Gasteiger partial charge on any atom is 0.162 e. The second-order valence-corrected chi connectivity index (χ2v) is 16.2. The number of hydrazone groups is 1. The minimum Gasteiger partial charge on any atom is -0.303 e. The summed E-state index contributed by atoms with van der Waals surface area (Å²) in [6.45, 7) is 23.6. The van der Waals surface area contributed by atoms with Crippen molar-refractivity contribution < 1.29 is 0 Å². The summed E-state index contributed by atoms with van der Waals surface area (Å²) in [5, 5.41) is 7.95. The highest BCUT2D eigenvalue weighted by Crippen LogP contribution is 2.44. The van der Waals surface area contributed by atoms with Crippen LogP contribution in [0.15, 0.2) is 120 Å². The van der Waals surface area contributed by atoms with E-state index in [1.807, 2.05) is 0 Å². The molecule has 0 fully saturated rings. The standard InChI is InChI=1S/C46H53N3/c1-31(2)38-23-17-24-39(32(3)4)43(38)49-30-48(44(47-49)35-27-36(45(5,6)7)29-37(28-35)46(8,9)10)42-40(33-19-13-11-14-20-33)25-18-26-41(42)34-21-15-12-16-22-34/h11-29,31-32H,30H2,1-10H3. The van der Waals surface area contributed by atoms with Gasteiger partial charge in [0, 0.05) is 16.7 Å². The Hall–Kier alpha value is -4.63. The second-order valence-electron chi connectivity index (χ2n) is 16.2. The summed E-state index contributed by atoms with van der Waals surface area (Å²) in [4.78, 5) is 2.49. The maximum absolute atomic E-state index is 5.66. The van der Waals surface area contributed by atoms with Gasteiger partial charge in [-0.15, -0.1) is 0 Å². The summed E-state index contributed by atoms with van der Waals surface area (Å²) in [5.74, 6) is 1.69. The van der Waals surface area contributed by atoms with Gasteiger partial charge >= 0.3 is 0 Å². The molecule has 3 heteroatoms. The number of hydrogen-bond donors (Lipinski definition) is 0. The molecule has 0 aliphatic carbocycles. The Balaban J connectivity index is 1.69. The quantitative estimate of drug-likeness (QED) is 0.175. The molecule has 5 aromatic rings. The zero-order valence-electron chi connectivity index (χ0n) is 31.2. The zero-order chi connectivity index (χ0) is 35.1. The van der Waals surface area contributed by atoms with E-state index in [9.17, 15) is 0 Å². The van der Waals surface area contributed by atoms with E-state index in [0.717, 1.165) is 11.4 Å². The summed E-state index contributed by atoms with van der Waals surface area (Å²) in [5.41, 5.74) is 13.6. The molecule has 6 rings (SSSR count). The van der Waals surface area contributed by atoms with E-state index in [1.54, 1.807) is 0 Å². The normalized spacial score (nSPS) is 13.8. The highest BCUT2D eigenvalue weighted by molar-refractivity contribution is 6.16. The molecule has 252 valence electrons. The number of nitrogens with zero attached hydrogens (tertiary/aromatic N) is 3. The Morgan fingerprint density at radius 3 is 1.39 bits per heavy atom. The summed E-state index contributed by atoms with van der Waals surface area (Å²) in [6, 6.07) is 42.3. The number of anilines is 2. The van der Waals surface area contributed by atoms with E-state index >= 15 is 0 Å². The largest absolute Gasteiger partial charge is 0.303 e. The molecule has 1 aliphatic heterocycles. The van der Waals surface area contributed by atoms with Gasteiger partial charge in [-0.1, -0.05) is 172 Å². The fourth-order valence-corrected chi connectivity index (χ4v) is 6.88. The number of hydrogen-bond acceptors (Lipinski definition) is 3. The van der Waals surface area contributed by atoms with E-state index in [1.165, 1.54) is 55.9 Å². The lowest BCUT2D eigenvalue weighted by molar-refractivity contribution is 0.568. The Bertz CT molecular complexity index is 1840. The predicted octanol–water partition coefficient (Wildman–Crippen LogP) is 12.5. The lowest BCUT2D eigenvalue weighted by Crippen LogP contribution is -2.33. The van der Waals surface area contributed by atoms with Gasteiger partial charge in [0.2, 0.25) is 0 Å². The van der Waals surface area contributed by atoms with Crippen LogP contribution in [0.4, 0.5) is 11.4 Å². The third kappa shape index (κ3) is 6.95. The third-order valence-electron chi connectivity index (χ3n) is 9.75. The van der Waals surface area contributed by atoms with Gasteiger partial charge in [-0.3, -0.25) is 0 Å². The van der Waals surface area contributed by atoms with Gasteiger partial charge in [-0.05, 0) is 68.2 Å². The molecule has 0 atom stereocenters. The van der Waals surface area contributed by atoms with Crippen LogP contribution >= 0.6 is 0 Å². The van der Waals surface area contributed by atoms with Crippen molar-refractivity contribution in [2.45, 2.75) is 91.9 Å². The summed E-state index contributed by atoms with van der Waals surface area (Å²) in [6.07, 6.45) is 0. The number of benzene rings is 5. The van der Waals surface area contributed by atoms with Crippen LogP contribution in [0.2, 0.25) is 0 Å². The van der Waals surface area contributed by atoms with Crippen LogP contribution in [0.1, 0.15) is 109 Å². The van der Waals surface area contributed by atoms with Crippen molar-refractivity contribution >= 4 is 17.2 Å². The Kier molecular flexibility index (Phi) is 9.33. The van der Waals surface area contributed by atoms with Crippen LogP contribution in [-0.2, 0) is 10.8 Å². The highest BCUT2D eigenvalue weighted by Gasteiger charge is 2.34. The van der Waals surface area contributed by atoms with Crippen molar-refractivity contribution in [2.75, 3.05) is 16.6 Å². The van der Waals surface area contributed by atoms with E-state index in [0.29, 0.717) is 18.5 Å². The van der Waals surface area contributed by atoms with Crippen molar-refractivity contribution in [3.05, 3.63) is 143 Å². The number of amidine groups is 1. The van der Waals surface area contributed by atoms with Crippen LogP contribution < -0.4 is 9.91 Å². The molecular weight excluding hydrogens is 595 g/mol. The average Bonchev–Trinajstić information content (AvgIpc) is 3.52.